The summed E-state index contributed by atoms with van der Waals surface area (Å²) in [5.74, 6) is 1.18. The molecule has 1 aromatic heterocycles. The van der Waals surface area contributed by atoms with Gasteiger partial charge >= 0.3 is 0 Å². The van der Waals surface area contributed by atoms with E-state index in [1.165, 1.54) is 0 Å². The van der Waals surface area contributed by atoms with Crippen LogP contribution in [0.25, 0.3) is 10.8 Å². The second-order valence-electron chi connectivity index (χ2n) is 5.49. The molecule has 0 atom stereocenters. The van der Waals surface area contributed by atoms with Gasteiger partial charge in [-0.3, -0.25) is 9.78 Å². The Kier molecular flexibility index (Phi) is 5.28. The molecule has 21 heavy (non-hydrogen) atoms. The fourth-order valence-corrected chi connectivity index (χ4v) is 2.08. The number of carbonyl (C=O) groups is 1. The molecule has 0 aliphatic heterocycles. The lowest BCUT2D eigenvalue weighted by atomic mass is 10.1. The van der Waals surface area contributed by atoms with Crippen molar-refractivity contribution in [1.29, 1.82) is 0 Å². The van der Waals surface area contributed by atoms with Crippen molar-refractivity contribution in [2.24, 2.45) is 5.73 Å². The quantitative estimate of drug-likeness (QED) is 0.849. The summed E-state index contributed by atoms with van der Waals surface area (Å²) < 4.78 is 5.56. The van der Waals surface area contributed by atoms with Crippen LogP contribution in [0.1, 0.15) is 38.3 Å². The highest BCUT2D eigenvalue weighted by Crippen LogP contribution is 2.23. The third-order valence-corrected chi connectivity index (χ3v) is 3.37. The molecular formula is C17H22N2O2. The van der Waals surface area contributed by atoms with Gasteiger partial charge in [0.05, 0.1) is 0 Å². The average Bonchev–Trinajstić information content (AvgIpc) is 2.49. The Hall–Kier alpha value is -1.94. The van der Waals surface area contributed by atoms with Gasteiger partial charge in [-0.1, -0.05) is 13.8 Å². The lowest BCUT2D eigenvalue weighted by molar-refractivity contribution is -0.121. The summed E-state index contributed by atoms with van der Waals surface area (Å²) in [6.07, 6.45) is 3.07. The normalized spacial score (nSPS) is 11.0. The highest BCUT2D eigenvalue weighted by molar-refractivity contribution is 5.84. The van der Waals surface area contributed by atoms with E-state index >= 15 is 0 Å². The summed E-state index contributed by atoms with van der Waals surface area (Å²) in [5.41, 5.74) is 6.44. The van der Waals surface area contributed by atoms with Gasteiger partial charge in [-0.25, -0.2) is 0 Å². The summed E-state index contributed by atoms with van der Waals surface area (Å²) in [5, 5.41) is 2.15. The van der Waals surface area contributed by atoms with Gasteiger partial charge in [0.25, 0.3) is 0 Å². The van der Waals surface area contributed by atoms with E-state index in [1.54, 1.807) is 0 Å². The zero-order chi connectivity index (χ0) is 15.2. The predicted octanol–water partition coefficient (Wildman–Crippen LogP) is 3.05. The first-order valence-electron chi connectivity index (χ1n) is 7.34. The highest BCUT2D eigenvalue weighted by atomic mass is 16.5. The molecule has 0 spiro atoms. The molecule has 4 nitrogen and oxygen atoms in total. The van der Waals surface area contributed by atoms with Gasteiger partial charge in [0.2, 0.25) is 0 Å². The first-order chi connectivity index (χ1) is 10.1. The van der Waals surface area contributed by atoms with Crippen LogP contribution >= 0.6 is 0 Å². The van der Waals surface area contributed by atoms with Crippen LogP contribution in [0.3, 0.4) is 0 Å². The third-order valence-electron chi connectivity index (χ3n) is 3.37. The van der Waals surface area contributed by atoms with Gasteiger partial charge in [0, 0.05) is 23.7 Å². The average molecular weight is 286 g/mol. The van der Waals surface area contributed by atoms with Crippen molar-refractivity contribution in [3.63, 3.8) is 0 Å². The second kappa shape index (κ2) is 7.18. The van der Waals surface area contributed by atoms with Crippen molar-refractivity contribution < 1.29 is 9.53 Å². The maximum Gasteiger partial charge on any atom is 0.170 e. The Balaban J connectivity index is 2.08. The largest absolute Gasteiger partial charge is 0.486 e. The van der Waals surface area contributed by atoms with Crippen LogP contribution < -0.4 is 10.5 Å². The number of aromatic nitrogens is 1. The molecule has 2 rings (SSSR count). The molecule has 0 aliphatic carbocycles. The van der Waals surface area contributed by atoms with Gasteiger partial charge in [0.1, 0.15) is 12.4 Å². The van der Waals surface area contributed by atoms with Crippen LogP contribution in [-0.2, 0) is 4.79 Å². The number of hydrogen-bond donors (Lipinski definition) is 1. The number of pyridine rings is 1. The van der Waals surface area contributed by atoms with Crippen LogP contribution in [0.4, 0.5) is 0 Å². The minimum atomic E-state index is 0.0816. The van der Waals surface area contributed by atoms with Gasteiger partial charge in [-0.15, -0.1) is 0 Å². The molecule has 0 bridgehead atoms. The maximum absolute atomic E-state index is 11.6. The number of fused-ring (bicyclic) bond motifs is 1. The van der Waals surface area contributed by atoms with Crippen molar-refractivity contribution in [1.82, 2.24) is 4.98 Å². The van der Waals surface area contributed by atoms with Crippen LogP contribution in [0.2, 0.25) is 0 Å². The number of hydrogen-bond acceptors (Lipinski definition) is 4. The van der Waals surface area contributed by atoms with Crippen LogP contribution in [0.5, 0.6) is 5.75 Å². The maximum atomic E-state index is 11.6. The summed E-state index contributed by atoms with van der Waals surface area (Å²) >= 11 is 0. The lowest BCUT2D eigenvalue weighted by Crippen LogP contribution is -2.12. The van der Waals surface area contributed by atoms with Crippen molar-refractivity contribution in [3.8, 4) is 5.75 Å². The van der Waals surface area contributed by atoms with E-state index in [4.69, 9.17) is 10.5 Å². The van der Waals surface area contributed by atoms with Crippen LogP contribution in [0, 0.1) is 0 Å². The lowest BCUT2D eigenvalue weighted by Gasteiger charge is -2.09. The molecule has 1 aromatic carbocycles. The van der Waals surface area contributed by atoms with Gasteiger partial charge < -0.3 is 10.5 Å². The Morgan fingerprint density at radius 1 is 1.29 bits per heavy atom. The zero-order valence-corrected chi connectivity index (χ0v) is 12.6. The molecular weight excluding hydrogens is 264 g/mol. The number of rotatable bonds is 7. The van der Waals surface area contributed by atoms with Crippen molar-refractivity contribution in [2.75, 3.05) is 13.2 Å². The fraction of sp³-hybridized carbons (Fsp3) is 0.412. The van der Waals surface area contributed by atoms with Gasteiger partial charge in [-0.2, -0.15) is 0 Å². The molecule has 112 valence electrons. The minimum Gasteiger partial charge on any atom is -0.486 e. The fourth-order valence-electron chi connectivity index (χ4n) is 2.08. The molecule has 0 saturated carbocycles. The van der Waals surface area contributed by atoms with Crippen molar-refractivity contribution >= 4 is 16.6 Å². The number of ether oxygens (including phenoxy) is 1. The van der Waals surface area contributed by atoms with E-state index in [9.17, 15) is 4.79 Å². The zero-order valence-electron chi connectivity index (χ0n) is 12.6. The highest BCUT2D eigenvalue weighted by Gasteiger charge is 2.06. The van der Waals surface area contributed by atoms with Gasteiger partial charge in [0.15, 0.2) is 5.78 Å². The number of nitrogens with zero attached hydrogens (tertiary/aromatic N) is 1. The van der Waals surface area contributed by atoms with Crippen LogP contribution in [-0.4, -0.2) is 23.9 Å². The number of nitrogens with two attached hydrogens (primary N) is 1. The molecule has 0 saturated heterocycles. The SMILES string of the molecule is CC(C)c1cc2cc(OCC(=O)CCCN)ccc2cn1. The molecule has 0 radical (unpaired) electrons. The second-order valence-corrected chi connectivity index (χ2v) is 5.49. The summed E-state index contributed by atoms with van der Waals surface area (Å²) in [6, 6.07) is 7.86. The number of carbonyl (C=O) groups excluding carboxylic acids is 1. The Morgan fingerprint density at radius 3 is 2.81 bits per heavy atom. The van der Waals surface area contributed by atoms with Crippen molar-refractivity contribution in [3.05, 3.63) is 36.2 Å². The predicted molar refractivity (Wildman–Crippen MR) is 84.6 cm³/mol. The molecule has 1 heterocycles. The van der Waals surface area contributed by atoms with E-state index < -0.39 is 0 Å². The summed E-state index contributed by atoms with van der Waals surface area (Å²) in [6.45, 7) is 4.87. The standard InChI is InChI=1S/C17H22N2O2/c1-12(2)17-9-14-8-16(6-5-13(14)10-19-17)21-11-15(20)4-3-7-18/h5-6,8-10,12H,3-4,7,11,18H2,1-2H3. The number of benzene rings is 1. The van der Waals surface area contributed by atoms with Gasteiger partial charge in [-0.05, 0) is 48.5 Å². The number of ketones is 1. The Morgan fingerprint density at radius 2 is 2.10 bits per heavy atom. The topological polar surface area (TPSA) is 65.2 Å². The molecule has 4 heteroatoms. The van der Waals surface area contributed by atoms with E-state index in [0.717, 1.165) is 16.5 Å². The van der Waals surface area contributed by atoms with E-state index in [-0.39, 0.29) is 12.4 Å². The minimum absolute atomic E-state index is 0.0816. The number of Topliss-reactive ketones (excluding diaryl/α,β-unsaturated/α-hetero) is 1. The summed E-state index contributed by atoms with van der Waals surface area (Å²) in [4.78, 5) is 16.0. The third kappa shape index (κ3) is 4.26. The molecule has 0 amide bonds. The van der Waals surface area contributed by atoms with E-state index in [1.807, 2.05) is 24.4 Å². The van der Waals surface area contributed by atoms with E-state index in [2.05, 4.69) is 24.9 Å². The summed E-state index contributed by atoms with van der Waals surface area (Å²) in [7, 11) is 0. The molecule has 0 aliphatic rings. The molecule has 0 fully saturated rings. The molecule has 2 N–H and O–H groups in total. The first kappa shape index (κ1) is 15.4. The Labute approximate surface area is 125 Å². The Bertz CT molecular complexity index is 623. The van der Waals surface area contributed by atoms with E-state index in [0.29, 0.717) is 31.1 Å². The van der Waals surface area contributed by atoms with Crippen molar-refractivity contribution in [2.45, 2.75) is 32.6 Å². The smallest absolute Gasteiger partial charge is 0.170 e. The molecule has 2 aromatic rings. The first-order valence-corrected chi connectivity index (χ1v) is 7.34. The monoisotopic (exact) mass is 286 g/mol. The molecule has 0 unspecified atom stereocenters. The van der Waals surface area contributed by atoms with Crippen LogP contribution in [0.15, 0.2) is 30.5 Å².